The van der Waals surface area contributed by atoms with Gasteiger partial charge in [-0.15, -0.1) is 0 Å². The van der Waals surface area contributed by atoms with Gasteiger partial charge in [-0.3, -0.25) is 9.59 Å². The number of phenolic OH excluding ortho intramolecular Hbond substituents is 1. The van der Waals surface area contributed by atoms with Crippen LogP contribution in [0.5, 0.6) is 11.5 Å². The van der Waals surface area contributed by atoms with E-state index in [2.05, 4.69) is 94.1 Å². The highest BCUT2D eigenvalue weighted by molar-refractivity contribution is 6.06. The first-order valence-corrected chi connectivity index (χ1v) is 26.6. The Balaban J connectivity index is 0.859. The number of dihydropyridines is 1. The topological polar surface area (TPSA) is 178 Å². The number of carbonyl (C=O) groups is 2. The van der Waals surface area contributed by atoms with E-state index in [-0.39, 0.29) is 47.0 Å². The lowest BCUT2D eigenvalue weighted by molar-refractivity contribution is -0.125. The van der Waals surface area contributed by atoms with Crippen molar-refractivity contribution in [2.75, 3.05) is 33.0 Å². The molecule has 1 unspecified atom stereocenters. The first-order chi connectivity index (χ1) is 34.5. The van der Waals surface area contributed by atoms with Crippen LogP contribution >= 0.6 is 0 Å². The second-order valence-corrected chi connectivity index (χ2v) is 21.8. The fourth-order valence-corrected chi connectivity index (χ4v) is 13.5. The summed E-state index contributed by atoms with van der Waals surface area (Å²) in [4.78, 5) is 27.6. The average Bonchev–Trinajstić information content (AvgIpc) is 3.73. The van der Waals surface area contributed by atoms with E-state index in [1.54, 1.807) is 18.2 Å². The summed E-state index contributed by atoms with van der Waals surface area (Å²) in [6.45, 7) is 4.87. The number of rotatable bonds is 21. The number of Topliss-reactive ketones (excluding diaryl/α,β-unsaturated/α-hetero) is 1. The van der Waals surface area contributed by atoms with Crippen LogP contribution < -0.4 is 31.7 Å². The lowest BCUT2D eigenvalue weighted by atomic mass is 9.55. The smallest absolute Gasteiger partial charge is 0.186 e. The zero-order chi connectivity index (χ0) is 49.3. The highest BCUT2D eigenvalue weighted by atomic mass is 16.6. The van der Waals surface area contributed by atoms with Gasteiger partial charge < -0.3 is 47.1 Å². The van der Waals surface area contributed by atoms with Gasteiger partial charge in [-0.2, -0.15) is 0 Å². The number of aryl methyl sites for hydroxylation is 3. The number of aromatic hydroxyl groups is 1. The van der Waals surface area contributed by atoms with Crippen molar-refractivity contribution in [1.29, 1.82) is 0 Å². The number of aliphatic hydroxyl groups excluding tert-OH is 2. The number of nitrogens with one attached hydrogen (secondary N) is 4. The molecule has 11 heteroatoms. The zero-order valence-corrected chi connectivity index (χ0v) is 41.6. The highest BCUT2D eigenvalue weighted by Gasteiger charge is 2.54. The number of aliphatic hydroxyl groups is 2. The van der Waals surface area contributed by atoms with Crippen molar-refractivity contribution in [3.05, 3.63) is 148 Å². The quantitative estimate of drug-likeness (QED) is 0.0231. The molecule has 9 N–H and O–H groups in total. The monoisotopic (exact) mass is 964 g/mol. The molecule has 3 heterocycles. The van der Waals surface area contributed by atoms with Crippen molar-refractivity contribution < 1.29 is 29.6 Å². The third-order valence-electron chi connectivity index (χ3n) is 16.8. The molecule has 11 atom stereocenters. The lowest BCUT2D eigenvalue weighted by Crippen LogP contribution is -2.57. The second-order valence-electron chi connectivity index (χ2n) is 21.8. The summed E-state index contributed by atoms with van der Waals surface area (Å²) < 4.78 is 5.37. The summed E-state index contributed by atoms with van der Waals surface area (Å²) in [5, 5.41) is 45.4. The van der Waals surface area contributed by atoms with Gasteiger partial charge in [0, 0.05) is 37.8 Å². The summed E-state index contributed by atoms with van der Waals surface area (Å²) in [7, 11) is 0. The SMILES string of the molecule is C[C@H](O)CN[C@H]1C[C@@H]2C=C[C@@H](CC(=O)CC(=O)/C=C/c3cc(OCO)c(O)cc3CC3=CNC(N)C=C3CCc3cccc(CCc4ccccc4)c3)C[C@]2(C[C@@H]2[C@H]3CCNC[C@H]3C[C@@H]3C=CCN[C@@H]23)C1. The van der Waals surface area contributed by atoms with Crippen molar-refractivity contribution >= 4 is 17.6 Å². The zero-order valence-electron chi connectivity index (χ0n) is 41.6. The second kappa shape index (κ2) is 23.6. The molecule has 378 valence electrons. The van der Waals surface area contributed by atoms with E-state index in [1.807, 2.05) is 25.3 Å². The number of allylic oxidation sites excluding steroid dienone is 5. The minimum absolute atomic E-state index is 0.0333. The van der Waals surface area contributed by atoms with E-state index in [9.17, 15) is 24.9 Å². The maximum atomic E-state index is 13.9. The van der Waals surface area contributed by atoms with Crippen LogP contribution in [0, 0.1) is 40.9 Å². The van der Waals surface area contributed by atoms with Crippen molar-refractivity contribution in [2.45, 2.75) is 115 Å². The van der Waals surface area contributed by atoms with Crippen LogP contribution in [0.4, 0.5) is 0 Å². The minimum Gasteiger partial charge on any atom is -0.504 e. The largest absolute Gasteiger partial charge is 0.504 e. The number of nitrogens with two attached hydrogens (primary N) is 1. The van der Waals surface area contributed by atoms with Crippen LogP contribution in [0.25, 0.3) is 6.08 Å². The summed E-state index contributed by atoms with van der Waals surface area (Å²) in [5.74, 6) is 2.51. The Morgan fingerprint density at radius 1 is 0.958 bits per heavy atom. The lowest BCUT2D eigenvalue weighted by Gasteiger charge is -2.54. The summed E-state index contributed by atoms with van der Waals surface area (Å²) in [5.41, 5.74) is 13.8. The molecule has 0 radical (unpaired) electrons. The molecule has 0 bridgehead atoms. The van der Waals surface area contributed by atoms with Crippen LogP contribution in [-0.4, -0.2) is 84.2 Å². The van der Waals surface area contributed by atoms with Gasteiger partial charge in [0.1, 0.15) is 5.78 Å². The third-order valence-corrected chi connectivity index (χ3v) is 16.8. The molecule has 6 aliphatic rings. The number of ether oxygens (including phenoxy) is 1. The van der Waals surface area contributed by atoms with E-state index < -0.39 is 12.9 Å². The number of hydrogen-bond donors (Lipinski definition) is 8. The number of phenols is 1. The Kier molecular flexibility index (Phi) is 16.9. The van der Waals surface area contributed by atoms with Gasteiger partial charge in [-0.25, -0.2) is 0 Å². The third kappa shape index (κ3) is 12.9. The molecule has 1 saturated heterocycles. The van der Waals surface area contributed by atoms with Gasteiger partial charge in [0.2, 0.25) is 0 Å². The summed E-state index contributed by atoms with van der Waals surface area (Å²) in [6, 6.07) is 23.3. The first kappa shape index (κ1) is 50.8. The molecule has 3 fully saturated rings. The van der Waals surface area contributed by atoms with Gasteiger partial charge in [-0.1, -0.05) is 85.0 Å². The summed E-state index contributed by atoms with van der Waals surface area (Å²) in [6.07, 6.45) is 26.5. The van der Waals surface area contributed by atoms with E-state index in [4.69, 9.17) is 10.5 Å². The average molecular weight is 964 g/mol. The van der Waals surface area contributed by atoms with E-state index in [0.29, 0.717) is 66.6 Å². The Morgan fingerprint density at radius 3 is 2.58 bits per heavy atom. The van der Waals surface area contributed by atoms with Crippen LogP contribution in [0.1, 0.15) is 92.5 Å². The molecule has 2 saturated carbocycles. The van der Waals surface area contributed by atoms with E-state index in [0.717, 1.165) is 87.7 Å². The Hall–Kier alpha value is -5.14. The van der Waals surface area contributed by atoms with Gasteiger partial charge in [0.25, 0.3) is 0 Å². The number of piperidine rings is 1. The first-order valence-electron chi connectivity index (χ1n) is 26.6. The van der Waals surface area contributed by atoms with Crippen LogP contribution in [0.2, 0.25) is 0 Å². The number of ketones is 2. The molecule has 71 heavy (non-hydrogen) atoms. The van der Waals surface area contributed by atoms with Crippen molar-refractivity contribution in [3.8, 4) is 11.5 Å². The molecular formula is C60H77N5O6. The van der Waals surface area contributed by atoms with Crippen molar-refractivity contribution in [2.24, 2.45) is 46.7 Å². The summed E-state index contributed by atoms with van der Waals surface area (Å²) >= 11 is 0. The normalized spacial score (nSPS) is 29.3. The van der Waals surface area contributed by atoms with E-state index in [1.165, 1.54) is 35.6 Å². The van der Waals surface area contributed by atoms with Gasteiger partial charge in [0.05, 0.1) is 18.7 Å². The number of fused-ring (bicyclic) bond motifs is 3. The van der Waals surface area contributed by atoms with E-state index >= 15 is 0 Å². The maximum absolute atomic E-state index is 13.9. The standard InChI is InChI=1S/C60H77N5O6/c1-39(67)35-64-51-30-50-18-15-43(32-60(50,33-51)34-55-54-20-22-62-36-49(54)25-46-11-6-21-63-59(46)55)24-53(69)31-52(68)19-17-44-28-57(71-38-66)56(70)27-47(44)26-48-37-65-58(61)29-45(48)16-14-42-10-5-9-41(23-42)13-12-40-7-3-2-4-8-40/h2-11,15,17-19,23,27-29,37,39,43,46,49-51,54-55,58-59,62-67,70H,12-14,16,20-22,24-26,30-36,38,61H2,1H3/b19-17+/t39-,43-,46-,49+,50-,51-,54-,55+,58?,59+,60+/m0/s1. The fourth-order valence-electron chi connectivity index (χ4n) is 13.5. The molecule has 3 aliphatic carbocycles. The molecule has 3 aromatic carbocycles. The molecule has 9 rings (SSSR count). The van der Waals surface area contributed by atoms with Gasteiger partial charge in [-0.05, 0) is 195 Å². The molecular weight excluding hydrogens is 887 g/mol. The number of carbonyl (C=O) groups excluding carboxylic acids is 2. The predicted octanol–water partition coefficient (Wildman–Crippen LogP) is 7.40. The molecule has 3 aromatic rings. The van der Waals surface area contributed by atoms with Crippen LogP contribution in [0.3, 0.4) is 0 Å². The van der Waals surface area contributed by atoms with Gasteiger partial charge >= 0.3 is 0 Å². The van der Waals surface area contributed by atoms with Crippen LogP contribution in [0.15, 0.2) is 121 Å². The van der Waals surface area contributed by atoms with Crippen LogP contribution in [-0.2, 0) is 35.3 Å². The Bertz CT molecular complexity index is 2480. The number of hydrogen-bond acceptors (Lipinski definition) is 11. The molecule has 0 amide bonds. The van der Waals surface area contributed by atoms with Crippen molar-refractivity contribution in [1.82, 2.24) is 21.3 Å². The number of benzene rings is 3. The highest BCUT2D eigenvalue weighted by Crippen LogP contribution is 2.58. The Labute approximate surface area is 421 Å². The fraction of sp³-hybridized carbons (Fsp3) is 0.500. The molecule has 11 nitrogen and oxygen atoms in total. The molecule has 3 aliphatic heterocycles. The van der Waals surface area contributed by atoms with Gasteiger partial charge in [0.15, 0.2) is 24.1 Å². The Morgan fingerprint density at radius 2 is 1.76 bits per heavy atom. The van der Waals surface area contributed by atoms with Crippen molar-refractivity contribution in [3.63, 3.8) is 0 Å². The minimum atomic E-state index is -0.623. The molecule has 0 aromatic heterocycles. The predicted molar refractivity (Wildman–Crippen MR) is 281 cm³/mol. The maximum Gasteiger partial charge on any atom is 0.186 e. The molecule has 0 spiro atoms.